The van der Waals surface area contributed by atoms with Gasteiger partial charge in [-0.2, -0.15) is 0 Å². The van der Waals surface area contributed by atoms with Crippen molar-refractivity contribution >= 4 is 76.0 Å². The highest BCUT2D eigenvalue weighted by Gasteiger charge is 2.22. The lowest BCUT2D eigenvalue weighted by Gasteiger charge is -2.18. The van der Waals surface area contributed by atoms with Gasteiger partial charge in [0.05, 0.1) is 22.4 Å². The highest BCUT2D eigenvalue weighted by atomic mass is 15.0. The van der Waals surface area contributed by atoms with Gasteiger partial charge in [-0.05, 0) is 165 Å². The van der Waals surface area contributed by atoms with Gasteiger partial charge in [0.15, 0.2) is 34.9 Å². The van der Waals surface area contributed by atoms with Gasteiger partial charge in [-0.3, -0.25) is 0 Å². The van der Waals surface area contributed by atoms with Crippen LogP contribution in [0.5, 0.6) is 0 Å². The minimum Gasteiger partial charge on any atom is -0.248 e. The summed E-state index contributed by atoms with van der Waals surface area (Å²) in [6, 6.07) is 124. The lowest BCUT2D eigenvalue weighted by molar-refractivity contribution is 0.982. The van der Waals surface area contributed by atoms with Crippen LogP contribution in [0.4, 0.5) is 0 Å². The van der Waals surface area contributed by atoms with Crippen molar-refractivity contribution in [1.29, 1.82) is 0 Å². The standard InChI is InChI=1S/C100H64N8/c1-4-16-63(17-5-1)66-30-41-75(42-31-66)95-103-96(76-43-32-67(33-44-76)64-18-6-2-7-19-64)105-97(104-95)77-45-37-74(38-46-77)92-62-88(94-86-27-15-13-24-71(86)55-57-90(94)102-92)72-35-28-68(29-36-72)80-49-50-82-60-84(53-51-81(82)58-80)100-107-98(106-99(108-100)83-52-34-65-20-10-11-25-79(65)59-83)78-47-39-73(40-48-78)91-61-87(69-21-8-3-9-22-69)93-85-26-14-12-23-70(85)54-56-89(93)101-91/h1-37,39-45,47-62H,38,46H2. The predicted octanol–water partition coefficient (Wildman–Crippen LogP) is 25.4. The van der Waals surface area contributed by atoms with E-state index in [2.05, 4.69) is 352 Å². The van der Waals surface area contributed by atoms with Crippen LogP contribution < -0.4 is 0 Å². The first-order valence-corrected chi connectivity index (χ1v) is 36.6. The summed E-state index contributed by atoms with van der Waals surface area (Å²) in [5.74, 6) is 3.72. The molecule has 0 amide bonds. The molecule has 0 radical (unpaired) electrons. The van der Waals surface area contributed by atoms with Gasteiger partial charge >= 0.3 is 0 Å². The Balaban J connectivity index is 0.612. The van der Waals surface area contributed by atoms with Crippen molar-refractivity contribution in [1.82, 2.24) is 39.9 Å². The highest BCUT2D eigenvalue weighted by molar-refractivity contribution is 6.15. The maximum Gasteiger partial charge on any atom is 0.164 e. The number of aromatic nitrogens is 8. The van der Waals surface area contributed by atoms with Gasteiger partial charge in [0.1, 0.15) is 0 Å². The molecule has 0 bridgehead atoms. The third kappa shape index (κ3) is 12.1. The van der Waals surface area contributed by atoms with E-state index in [1.807, 2.05) is 12.1 Å². The van der Waals surface area contributed by atoms with Crippen LogP contribution in [0, 0.1) is 0 Å². The third-order valence-electron chi connectivity index (χ3n) is 21.1. The predicted molar refractivity (Wildman–Crippen MR) is 445 cm³/mol. The van der Waals surface area contributed by atoms with Crippen LogP contribution in [0.25, 0.3) is 200 Å². The fraction of sp³-hybridized carbons (Fsp3) is 0.0200. The molecule has 19 aromatic rings. The molecule has 1 aliphatic carbocycles. The van der Waals surface area contributed by atoms with Gasteiger partial charge in [-0.1, -0.05) is 322 Å². The average molecular weight is 1380 g/mol. The first-order chi connectivity index (χ1) is 53.4. The summed E-state index contributed by atoms with van der Waals surface area (Å²) < 4.78 is 0. The van der Waals surface area contributed by atoms with Crippen LogP contribution in [0.15, 0.2) is 364 Å². The van der Waals surface area contributed by atoms with Crippen LogP contribution in [-0.2, 0) is 0 Å². The first kappa shape index (κ1) is 63.4. The van der Waals surface area contributed by atoms with Crippen molar-refractivity contribution in [2.75, 3.05) is 0 Å². The van der Waals surface area contributed by atoms with Gasteiger partial charge in [0.25, 0.3) is 0 Å². The van der Waals surface area contributed by atoms with Crippen molar-refractivity contribution in [2.24, 2.45) is 0 Å². The van der Waals surface area contributed by atoms with Gasteiger partial charge in [-0.15, -0.1) is 0 Å². The summed E-state index contributed by atoms with van der Waals surface area (Å²) in [6.07, 6.45) is 5.89. The zero-order valence-electron chi connectivity index (χ0n) is 58.6. The van der Waals surface area contributed by atoms with E-state index < -0.39 is 0 Å². The molecule has 0 spiro atoms. The molecule has 0 unspecified atom stereocenters. The fourth-order valence-electron chi connectivity index (χ4n) is 15.4. The van der Waals surface area contributed by atoms with E-state index in [1.165, 1.54) is 21.5 Å². The van der Waals surface area contributed by atoms with Gasteiger partial charge in [-0.25, -0.2) is 39.9 Å². The summed E-state index contributed by atoms with van der Waals surface area (Å²) in [7, 11) is 0. The van der Waals surface area contributed by atoms with E-state index in [9.17, 15) is 0 Å². The van der Waals surface area contributed by atoms with E-state index in [1.54, 1.807) is 0 Å². The fourth-order valence-corrected chi connectivity index (χ4v) is 15.4. The Morgan fingerprint density at radius 1 is 0.176 bits per heavy atom. The number of hydrogen-bond acceptors (Lipinski definition) is 8. The molecular formula is C100H64N8. The molecule has 4 aromatic heterocycles. The van der Waals surface area contributed by atoms with Crippen LogP contribution in [0.3, 0.4) is 0 Å². The summed E-state index contributed by atoms with van der Waals surface area (Å²) >= 11 is 0. The Kier molecular flexibility index (Phi) is 15.9. The van der Waals surface area contributed by atoms with Crippen molar-refractivity contribution < 1.29 is 0 Å². The molecule has 8 nitrogen and oxygen atoms in total. The molecule has 0 N–H and O–H groups in total. The minimum atomic E-state index is 0.586. The Morgan fingerprint density at radius 2 is 0.481 bits per heavy atom. The van der Waals surface area contributed by atoms with Crippen molar-refractivity contribution in [3.05, 3.63) is 376 Å². The van der Waals surface area contributed by atoms with Crippen LogP contribution >= 0.6 is 0 Å². The number of rotatable bonds is 13. The smallest absolute Gasteiger partial charge is 0.164 e. The topological polar surface area (TPSA) is 103 Å². The minimum absolute atomic E-state index is 0.586. The largest absolute Gasteiger partial charge is 0.248 e. The van der Waals surface area contributed by atoms with Crippen LogP contribution in [-0.4, -0.2) is 39.9 Å². The number of benzene rings is 15. The number of hydrogen-bond donors (Lipinski definition) is 0. The average Bonchev–Trinajstić information content (AvgIpc) is 0.770. The molecule has 1 aliphatic rings. The molecule has 20 rings (SSSR count). The monoisotopic (exact) mass is 1380 g/mol. The number of fused-ring (bicyclic) bond motifs is 8. The van der Waals surface area contributed by atoms with Crippen molar-refractivity contribution in [2.45, 2.75) is 12.8 Å². The summed E-state index contributed by atoms with van der Waals surface area (Å²) in [4.78, 5) is 42.0. The van der Waals surface area contributed by atoms with E-state index in [0.29, 0.717) is 34.9 Å². The zero-order valence-corrected chi connectivity index (χ0v) is 58.6. The molecule has 0 saturated carbocycles. The Hall–Kier alpha value is -14.3. The lowest BCUT2D eigenvalue weighted by Crippen LogP contribution is -2.05. The maximum absolute atomic E-state index is 5.45. The normalized spacial score (nSPS) is 12.3. The second-order valence-electron chi connectivity index (χ2n) is 27.7. The number of nitrogens with zero attached hydrogens (tertiary/aromatic N) is 8. The van der Waals surface area contributed by atoms with Crippen LogP contribution in [0.1, 0.15) is 24.4 Å². The summed E-state index contributed by atoms with van der Waals surface area (Å²) in [6.45, 7) is 0. The molecule has 0 aliphatic heterocycles. The molecule has 8 heteroatoms. The Bertz CT molecular complexity index is 6700. The zero-order chi connectivity index (χ0) is 71.4. The first-order valence-electron chi connectivity index (χ1n) is 36.6. The quantitative estimate of drug-likeness (QED) is 0.105. The molecule has 4 heterocycles. The van der Waals surface area contributed by atoms with E-state index in [0.717, 1.165) is 168 Å². The van der Waals surface area contributed by atoms with E-state index in [4.69, 9.17) is 39.9 Å². The van der Waals surface area contributed by atoms with E-state index in [-0.39, 0.29) is 0 Å². The highest BCUT2D eigenvalue weighted by Crippen LogP contribution is 2.42. The van der Waals surface area contributed by atoms with Crippen LogP contribution in [0.2, 0.25) is 0 Å². The second kappa shape index (κ2) is 27.0. The number of allylic oxidation sites excluding steroid dienone is 4. The maximum atomic E-state index is 5.45. The molecular weight excluding hydrogens is 1310 g/mol. The molecule has 0 atom stereocenters. The molecule has 108 heavy (non-hydrogen) atoms. The summed E-state index contributed by atoms with van der Waals surface area (Å²) in [5, 5.41) is 11.5. The molecule has 0 saturated heterocycles. The Labute approximate surface area is 624 Å². The van der Waals surface area contributed by atoms with Crippen molar-refractivity contribution in [3.8, 4) is 124 Å². The van der Waals surface area contributed by atoms with Crippen molar-refractivity contribution in [3.63, 3.8) is 0 Å². The molecule has 0 fully saturated rings. The van der Waals surface area contributed by atoms with Gasteiger partial charge in [0, 0.05) is 44.2 Å². The number of pyridine rings is 2. The Morgan fingerprint density at radius 3 is 0.981 bits per heavy atom. The van der Waals surface area contributed by atoms with Gasteiger partial charge in [0.2, 0.25) is 0 Å². The van der Waals surface area contributed by atoms with Gasteiger partial charge < -0.3 is 0 Å². The van der Waals surface area contributed by atoms with E-state index >= 15 is 0 Å². The molecule has 15 aromatic carbocycles. The second-order valence-corrected chi connectivity index (χ2v) is 27.7. The SMILES string of the molecule is C1=C(c2cc(-c3ccc(-c4ccc5cc(-c6nc(-c7ccc(-c8cc(-c9ccccc9)c9c(ccc%10ccccc%109)n8)cc7)nc(-c7ccc8ccccc8c7)n6)ccc5c4)cc3)c3c(ccc4ccccc43)n2)CCC(c2nc(-c3ccc(-c4ccccc4)cc3)nc(-c3ccc(-c4ccccc4)cc3)n2)=C1. The lowest BCUT2D eigenvalue weighted by atomic mass is 9.90. The molecule has 504 valence electrons. The third-order valence-corrected chi connectivity index (χ3v) is 21.1. The summed E-state index contributed by atoms with van der Waals surface area (Å²) in [5.41, 5.74) is 22.9.